The molecule has 0 saturated carbocycles. The summed E-state index contributed by atoms with van der Waals surface area (Å²) in [5.74, 6) is 1.08. The topological polar surface area (TPSA) is 26.3 Å². The van der Waals surface area contributed by atoms with Crippen molar-refractivity contribution >= 4 is 5.78 Å². The maximum absolute atomic E-state index is 11.9. The molecule has 0 spiro atoms. The Morgan fingerprint density at radius 2 is 1.68 bits per heavy atom. The van der Waals surface area contributed by atoms with Crippen LogP contribution in [0.25, 0.3) is 0 Å². The van der Waals surface area contributed by atoms with Crippen LogP contribution in [0.2, 0.25) is 0 Å². The lowest BCUT2D eigenvalue weighted by atomic mass is 10.0. The van der Waals surface area contributed by atoms with Crippen molar-refractivity contribution in [2.75, 3.05) is 7.11 Å². The number of methoxy groups -OCH3 is 1. The van der Waals surface area contributed by atoms with Crippen molar-refractivity contribution in [2.24, 2.45) is 0 Å². The Morgan fingerprint density at radius 3 is 2.32 bits per heavy atom. The zero-order valence-electron chi connectivity index (χ0n) is 11.1. The molecule has 2 nitrogen and oxygen atoms in total. The van der Waals surface area contributed by atoms with E-state index in [1.807, 2.05) is 54.6 Å². The number of benzene rings is 2. The van der Waals surface area contributed by atoms with E-state index in [9.17, 15) is 4.79 Å². The van der Waals surface area contributed by atoms with Crippen LogP contribution < -0.4 is 4.74 Å². The first-order valence-electron chi connectivity index (χ1n) is 6.51. The molecule has 0 aliphatic carbocycles. The van der Waals surface area contributed by atoms with E-state index < -0.39 is 0 Å². The monoisotopic (exact) mass is 254 g/mol. The molecule has 0 radical (unpaired) electrons. The minimum absolute atomic E-state index is 0.217. The van der Waals surface area contributed by atoms with Gasteiger partial charge in [0.1, 0.15) is 5.75 Å². The Balaban J connectivity index is 1.81. The number of hydrogen-bond donors (Lipinski definition) is 0. The van der Waals surface area contributed by atoms with E-state index in [4.69, 9.17) is 4.74 Å². The highest BCUT2D eigenvalue weighted by molar-refractivity contribution is 5.95. The maximum Gasteiger partial charge on any atom is 0.162 e. The van der Waals surface area contributed by atoms with E-state index in [0.29, 0.717) is 6.42 Å². The van der Waals surface area contributed by atoms with Gasteiger partial charge in [0.2, 0.25) is 0 Å². The molecule has 19 heavy (non-hydrogen) atoms. The van der Waals surface area contributed by atoms with E-state index >= 15 is 0 Å². The van der Waals surface area contributed by atoms with E-state index in [0.717, 1.165) is 24.2 Å². The number of aryl methyl sites for hydroxylation is 1. The Hall–Kier alpha value is -2.09. The molecule has 0 fully saturated rings. The predicted molar refractivity (Wildman–Crippen MR) is 76.7 cm³/mol. The average Bonchev–Trinajstić information content (AvgIpc) is 2.49. The lowest BCUT2D eigenvalue weighted by Crippen LogP contribution is -1.99. The minimum Gasteiger partial charge on any atom is -0.497 e. The van der Waals surface area contributed by atoms with Gasteiger partial charge in [-0.25, -0.2) is 0 Å². The lowest BCUT2D eigenvalue weighted by molar-refractivity contribution is 0.0980. The molecule has 0 atom stereocenters. The predicted octanol–water partition coefficient (Wildman–Crippen LogP) is 3.90. The average molecular weight is 254 g/mol. The van der Waals surface area contributed by atoms with Crippen LogP contribution in [0.5, 0.6) is 5.75 Å². The molecule has 98 valence electrons. The Bertz CT molecular complexity index is 515. The number of rotatable bonds is 6. The molecule has 0 saturated heterocycles. The third kappa shape index (κ3) is 3.95. The minimum atomic E-state index is 0.217. The first-order valence-corrected chi connectivity index (χ1v) is 6.51. The van der Waals surface area contributed by atoms with Gasteiger partial charge < -0.3 is 4.74 Å². The second-order valence-electron chi connectivity index (χ2n) is 4.49. The molecule has 0 unspecified atom stereocenters. The van der Waals surface area contributed by atoms with Gasteiger partial charge in [-0.2, -0.15) is 0 Å². The number of carbonyl (C=O) groups is 1. The molecule has 2 rings (SSSR count). The molecule has 0 aromatic heterocycles. The van der Waals surface area contributed by atoms with Gasteiger partial charge in [0.15, 0.2) is 5.78 Å². The first-order chi connectivity index (χ1) is 9.29. The van der Waals surface area contributed by atoms with Gasteiger partial charge in [-0.3, -0.25) is 4.79 Å². The van der Waals surface area contributed by atoms with Crippen LogP contribution in [0.15, 0.2) is 54.6 Å². The summed E-state index contributed by atoms with van der Waals surface area (Å²) in [6.07, 6.45) is 2.39. The molecular formula is C17H18O2. The zero-order valence-corrected chi connectivity index (χ0v) is 11.1. The van der Waals surface area contributed by atoms with Crippen molar-refractivity contribution < 1.29 is 9.53 Å². The molecule has 0 heterocycles. The van der Waals surface area contributed by atoms with Gasteiger partial charge in [0.25, 0.3) is 0 Å². The number of ether oxygens (including phenoxy) is 1. The van der Waals surface area contributed by atoms with Gasteiger partial charge in [0, 0.05) is 12.0 Å². The van der Waals surface area contributed by atoms with Crippen molar-refractivity contribution in [3.8, 4) is 5.75 Å². The van der Waals surface area contributed by atoms with Gasteiger partial charge in [-0.15, -0.1) is 0 Å². The molecule has 0 amide bonds. The molecule has 0 bridgehead atoms. The fourth-order valence-electron chi connectivity index (χ4n) is 2.01. The summed E-state index contributed by atoms with van der Waals surface area (Å²) in [5, 5.41) is 0. The standard InChI is InChI=1S/C17H18O2/c1-19-16-12-10-14(11-13-16)6-5-9-17(18)15-7-3-2-4-8-15/h2-4,7-8,10-13H,5-6,9H2,1H3. The first kappa shape index (κ1) is 13.3. The quantitative estimate of drug-likeness (QED) is 0.731. The number of Topliss-reactive ketones (excluding diaryl/α,β-unsaturated/α-hetero) is 1. The van der Waals surface area contributed by atoms with E-state index in [1.54, 1.807) is 7.11 Å². The van der Waals surface area contributed by atoms with E-state index in [-0.39, 0.29) is 5.78 Å². The van der Waals surface area contributed by atoms with Crippen molar-refractivity contribution in [2.45, 2.75) is 19.3 Å². The SMILES string of the molecule is COc1ccc(CCCC(=O)c2ccccc2)cc1. The van der Waals surface area contributed by atoms with Gasteiger partial charge >= 0.3 is 0 Å². The maximum atomic E-state index is 11.9. The highest BCUT2D eigenvalue weighted by Gasteiger charge is 2.04. The Labute approximate surface area is 114 Å². The third-order valence-electron chi connectivity index (χ3n) is 3.12. The summed E-state index contributed by atoms with van der Waals surface area (Å²) in [6, 6.07) is 17.5. The highest BCUT2D eigenvalue weighted by atomic mass is 16.5. The molecule has 2 heteroatoms. The van der Waals surface area contributed by atoms with Gasteiger partial charge in [-0.1, -0.05) is 42.5 Å². The van der Waals surface area contributed by atoms with Crippen molar-refractivity contribution in [1.29, 1.82) is 0 Å². The highest BCUT2D eigenvalue weighted by Crippen LogP contribution is 2.14. The van der Waals surface area contributed by atoms with Gasteiger partial charge in [0.05, 0.1) is 7.11 Å². The van der Waals surface area contributed by atoms with Crippen LogP contribution in [0.1, 0.15) is 28.8 Å². The summed E-state index contributed by atoms with van der Waals surface area (Å²) in [7, 11) is 1.66. The van der Waals surface area contributed by atoms with Crippen LogP contribution in [0.3, 0.4) is 0 Å². The Kier molecular flexibility index (Phi) is 4.73. The molecule has 2 aromatic carbocycles. The van der Waals surface area contributed by atoms with Crippen molar-refractivity contribution in [3.05, 3.63) is 65.7 Å². The summed E-state index contributed by atoms with van der Waals surface area (Å²) >= 11 is 0. The number of ketones is 1. The van der Waals surface area contributed by atoms with Crippen LogP contribution >= 0.6 is 0 Å². The van der Waals surface area contributed by atoms with E-state index in [1.165, 1.54) is 5.56 Å². The molecule has 2 aromatic rings. The fourth-order valence-corrected chi connectivity index (χ4v) is 2.01. The van der Waals surface area contributed by atoms with Crippen LogP contribution in [-0.4, -0.2) is 12.9 Å². The molecule has 0 aliphatic heterocycles. The second kappa shape index (κ2) is 6.74. The van der Waals surface area contributed by atoms with Gasteiger partial charge in [-0.05, 0) is 30.5 Å². The number of carbonyl (C=O) groups excluding carboxylic acids is 1. The lowest BCUT2D eigenvalue weighted by Gasteiger charge is -2.04. The summed E-state index contributed by atoms with van der Waals surface area (Å²) in [6.45, 7) is 0. The number of hydrogen-bond acceptors (Lipinski definition) is 2. The second-order valence-corrected chi connectivity index (χ2v) is 4.49. The zero-order chi connectivity index (χ0) is 13.5. The van der Waals surface area contributed by atoms with E-state index in [2.05, 4.69) is 0 Å². The molecule has 0 N–H and O–H groups in total. The largest absolute Gasteiger partial charge is 0.497 e. The Morgan fingerprint density at radius 1 is 1.00 bits per heavy atom. The smallest absolute Gasteiger partial charge is 0.162 e. The normalized spacial score (nSPS) is 10.2. The third-order valence-corrected chi connectivity index (χ3v) is 3.12. The van der Waals surface area contributed by atoms with Crippen molar-refractivity contribution in [3.63, 3.8) is 0 Å². The summed E-state index contributed by atoms with van der Waals surface area (Å²) < 4.78 is 5.12. The van der Waals surface area contributed by atoms with Crippen molar-refractivity contribution in [1.82, 2.24) is 0 Å². The molecular weight excluding hydrogens is 236 g/mol. The van der Waals surface area contributed by atoms with Crippen LogP contribution in [-0.2, 0) is 6.42 Å². The molecule has 0 aliphatic rings. The van der Waals surface area contributed by atoms with Crippen LogP contribution in [0.4, 0.5) is 0 Å². The summed E-state index contributed by atoms with van der Waals surface area (Å²) in [5.41, 5.74) is 2.04. The fraction of sp³-hybridized carbons (Fsp3) is 0.235. The summed E-state index contributed by atoms with van der Waals surface area (Å²) in [4.78, 5) is 11.9. The van der Waals surface area contributed by atoms with Crippen LogP contribution in [0, 0.1) is 0 Å².